The molecule has 0 radical (unpaired) electrons. The average molecular weight is 253 g/mol. The highest BCUT2D eigenvalue weighted by atomic mass is 32.2. The molecule has 0 fully saturated rings. The Morgan fingerprint density at radius 3 is 2.53 bits per heavy atom. The summed E-state index contributed by atoms with van der Waals surface area (Å²) in [6.45, 7) is 5.93. The van der Waals surface area contributed by atoms with Crippen LogP contribution in [0.3, 0.4) is 0 Å². The van der Waals surface area contributed by atoms with Crippen LogP contribution in [0.15, 0.2) is 0 Å². The van der Waals surface area contributed by atoms with Gasteiger partial charge >= 0.3 is 0 Å². The molecule has 0 aliphatic heterocycles. The van der Waals surface area contributed by atoms with Crippen molar-refractivity contribution in [1.29, 1.82) is 0 Å². The number of rotatable bonds is 9. The molecule has 1 N–H and O–H groups in total. The topological polar surface area (TPSA) is 46.2 Å². The van der Waals surface area contributed by atoms with Gasteiger partial charge in [-0.25, -0.2) is 8.42 Å². The summed E-state index contributed by atoms with van der Waals surface area (Å²) in [7, 11) is -2.80. The van der Waals surface area contributed by atoms with Gasteiger partial charge in [-0.05, 0) is 11.7 Å². The molecule has 0 heterocycles. The molecule has 0 saturated heterocycles. The van der Waals surface area contributed by atoms with Gasteiger partial charge in [-0.2, -0.15) is 11.8 Å². The Morgan fingerprint density at radius 2 is 2.00 bits per heavy atom. The minimum atomic E-state index is -2.80. The van der Waals surface area contributed by atoms with Crippen LogP contribution in [-0.4, -0.2) is 45.0 Å². The van der Waals surface area contributed by atoms with Gasteiger partial charge in [0, 0.05) is 25.1 Å². The van der Waals surface area contributed by atoms with Crippen molar-refractivity contribution in [3.8, 4) is 0 Å². The fourth-order valence-corrected chi connectivity index (χ4v) is 2.54. The van der Waals surface area contributed by atoms with E-state index in [1.807, 2.05) is 11.8 Å². The van der Waals surface area contributed by atoms with E-state index in [1.165, 1.54) is 18.4 Å². The van der Waals surface area contributed by atoms with E-state index in [4.69, 9.17) is 0 Å². The van der Waals surface area contributed by atoms with Crippen LogP contribution in [0, 0.1) is 5.92 Å². The molecule has 0 spiro atoms. The largest absolute Gasteiger partial charge is 0.315 e. The molecule has 1 unspecified atom stereocenters. The van der Waals surface area contributed by atoms with Gasteiger partial charge in [0.1, 0.15) is 9.84 Å². The lowest BCUT2D eigenvalue weighted by molar-refractivity contribution is 0.598. The summed E-state index contributed by atoms with van der Waals surface area (Å²) in [6, 6.07) is 0. The van der Waals surface area contributed by atoms with Gasteiger partial charge in [0.2, 0.25) is 0 Å². The summed E-state index contributed by atoms with van der Waals surface area (Å²) < 4.78 is 21.6. The molecule has 0 aliphatic carbocycles. The Balaban J connectivity index is 3.19. The van der Waals surface area contributed by atoms with Crippen molar-refractivity contribution in [2.75, 3.05) is 36.6 Å². The first-order valence-corrected chi connectivity index (χ1v) is 8.63. The van der Waals surface area contributed by atoms with Crippen LogP contribution in [0.5, 0.6) is 0 Å². The van der Waals surface area contributed by atoms with Crippen molar-refractivity contribution >= 4 is 21.6 Å². The standard InChI is InChI=1S/C10H23NO2S2/c1-4-10(2)9-14-7-5-11-6-8-15(3,12)13/h10-11H,4-9H2,1-3H3. The first-order chi connectivity index (χ1) is 6.95. The number of hydrogen-bond acceptors (Lipinski definition) is 4. The molecule has 1 atom stereocenters. The molecule has 0 amide bonds. The van der Waals surface area contributed by atoms with Crippen molar-refractivity contribution < 1.29 is 8.42 Å². The Kier molecular flexibility index (Phi) is 8.56. The fourth-order valence-electron chi connectivity index (χ4n) is 0.929. The number of sulfone groups is 1. The van der Waals surface area contributed by atoms with E-state index in [9.17, 15) is 8.42 Å². The minimum absolute atomic E-state index is 0.239. The van der Waals surface area contributed by atoms with Crippen molar-refractivity contribution in [3.63, 3.8) is 0 Å². The molecule has 0 bridgehead atoms. The van der Waals surface area contributed by atoms with Crippen molar-refractivity contribution in [2.24, 2.45) is 5.92 Å². The smallest absolute Gasteiger partial charge is 0.148 e. The number of nitrogens with one attached hydrogen (secondary N) is 1. The van der Waals surface area contributed by atoms with E-state index in [-0.39, 0.29) is 5.75 Å². The van der Waals surface area contributed by atoms with E-state index in [1.54, 1.807) is 0 Å². The van der Waals surface area contributed by atoms with E-state index < -0.39 is 9.84 Å². The molecule has 0 aliphatic rings. The molecule has 5 heteroatoms. The highest BCUT2D eigenvalue weighted by Gasteiger charge is 2.01. The maximum absolute atomic E-state index is 10.8. The predicted octanol–water partition coefficient (Wildman–Crippen LogP) is 1.40. The SMILES string of the molecule is CCC(C)CSCCNCCS(C)(=O)=O. The second kappa shape index (κ2) is 8.42. The van der Waals surface area contributed by atoms with Crippen molar-refractivity contribution in [3.05, 3.63) is 0 Å². The Morgan fingerprint density at radius 1 is 1.33 bits per heavy atom. The lowest BCUT2D eigenvalue weighted by atomic mass is 10.2. The molecule has 0 rings (SSSR count). The molecule has 0 saturated carbocycles. The molecule has 0 aromatic rings. The molecule has 0 aromatic carbocycles. The van der Waals surface area contributed by atoms with Crippen LogP contribution in [0.4, 0.5) is 0 Å². The molecular formula is C10H23NO2S2. The molecule has 0 aromatic heterocycles. The maximum atomic E-state index is 10.8. The highest BCUT2D eigenvalue weighted by Crippen LogP contribution is 2.09. The van der Waals surface area contributed by atoms with Gasteiger partial charge in [0.15, 0.2) is 0 Å². The third-order valence-electron chi connectivity index (χ3n) is 2.17. The molecule has 3 nitrogen and oxygen atoms in total. The summed E-state index contributed by atoms with van der Waals surface area (Å²) in [5, 5.41) is 3.13. The predicted molar refractivity (Wildman–Crippen MR) is 69.4 cm³/mol. The average Bonchev–Trinajstić information content (AvgIpc) is 2.14. The van der Waals surface area contributed by atoms with Gasteiger partial charge in [0.05, 0.1) is 5.75 Å². The Bertz CT molecular complexity index is 240. The number of thioether (sulfide) groups is 1. The van der Waals surface area contributed by atoms with Crippen molar-refractivity contribution in [1.82, 2.24) is 5.32 Å². The van der Waals surface area contributed by atoms with E-state index in [2.05, 4.69) is 19.2 Å². The summed E-state index contributed by atoms with van der Waals surface area (Å²) in [5.74, 6) is 3.28. The lowest BCUT2D eigenvalue weighted by Gasteiger charge is -2.08. The normalized spacial score (nSPS) is 14.1. The molecular weight excluding hydrogens is 230 g/mol. The van der Waals surface area contributed by atoms with Crippen LogP contribution in [0.25, 0.3) is 0 Å². The van der Waals surface area contributed by atoms with Gasteiger partial charge < -0.3 is 5.32 Å². The maximum Gasteiger partial charge on any atom is 0.148 e. The summed E-state index contributed by atoms with van der Waals surface area (Å²) in [4.78, 5) is 0. The van der Waals surface area contributed by atoms with Crippen LogP contribution in [-0.2, 0) is 9.84 Å². The molecule has 15 heavy (non-hydrogen) atoms. The van der Waals surface area contributed by atoms with Gasteiger partial charge in [0.25, 0.3) is 0 Å². The lowest BCUT2D eigenvalue weighted by Crippen LogP contribution is -2.24. The fraction of sp³-hybridized carbons (Fsp3) is 1.00. The van der Waals surface area contributed by atoms with Gasteiger partial charge in [-0.1, -0.05) is 20.3 Å². The molecule has 92 valence electrons. The third kappa shape index (κ3) is 12.2. The first kappa shape index (κ1) is 15.3. The minimum Gasteiger partial charge on any atom is -0.315 e. The summed E-state index contributed by atoms with van der Waals surface area (Å²) in [6.07, 6.45) is 2.50. The third-order valence-corrected chi connectivity index (χ3v) is 4.42. The van der Waals surface area contributed by atoms with Gasteiger partial charge in [-0.15, -0.1) is 0 Å². The Labute approximate surface area is 98.3 Å². The first-order valence-electron chi connectivity index (χ1n) is 5.42. The zero-order chi connectivity index (χ0) is 11.7. The van der Waals surface area contributed by atoms with Crippen molar-refractivity contribution in [2.45, 2.75) is 20.3 Å². The zero-order valence-electron chi connectivity index (χ0n) is 9.95. The second-order valence-electron chi connectivity index (χ2n) is 3.97. The zero-order valence-corrected chi connectivity index (χ0v) is 11.6. The monoisotopic (exact) mass is 253 g/mol. The van der Waals surface area contributed by atoms with Crippen LogP contribution in [0.1, 0.15) is 20.3 Å². The summed E-state index contributed by atoms with van der Waals surface area (Å²) in [5.41, 5.74) is 0. The van der Waals surface area contributed by atoms with Crippen LogP contribution >= 0.6 is 11.8 Å². The quantitative estimate of drug-likeness (QED) is 0.631. The highest BCUT2D eigenvalue weighted by molar-refractivity contribution is 7.99. The van der Waals surface area contributed by atoms with E-state index in [0.717, 1.165) is 18.2 Å². The number of hydrogen-bond donors (Lipinski definition) is 1. The summed E-state index contributed by atoms with van der Waals surface area (Å²) >= 11 is 1.93. The second-order valence-corrected chi connectivity index (χ2v) is 7.38. The van der Waals surface area contributed by atoms with E-state index >= 15 is 0 Å². The van der Waals surface area contributed by atoms with Crippen LogP contribution in [0.2, 0.25) is 0 Å². The Hall–Kier alpha value is 0.260. The van der Waals surface area contributed by atoms with Gasteiger partial charge in [-0.3, -0.25) is 0 Å². The van der Waals surface area contributed by atoms with E-state index in [0.29, 0.717) is 6.54 Å². The van der Waals surface area contributed by atoms with Crippen LogP contribution < -0.4 is 5.32 Å².